The van der Waals surface area contributed by atoms with E-state index in [0.29, 0.717) is 36.6 Å². The normalized spacial score (nSPS) is 17.2. The van der Waals surface area contributed by atoms with Crippen molar-refractivity contribution in [2.45, 2.75) is 19.4 Å². The largest absolute Gasteiger partial charge is 0.459 e. The second kappa shape index (κ2) is 7.36. The molecule has 3 aromatic heterocycles. The van der Waals surface area contributed by atoms with Gasteiger partial charge in [0.1, 0.15) is 6.61 Å². The van der Waals surface area contributed by atoms with Crippen molar-refractivity contribution in [3.8, 4) is 0 Å². The average Bonchev–Trinajstić information content (AvgIpc) is 3.37. The summed E-state index contributed by atoms with van der Waals surface area (Å²) in [6, 6.07) is 4.62. The van der Waals surface area contributed by atoms with Crippen molar-refractivity contribution in [1.29, 1.82) is 0 Å². The monoisotopic (exact) mass is 387 g/mol. The predicted octanol–water partition coefficient (Wildman–Crippen LogP) is 1.94. The van der Waals surface area contributed by atoms with Gasteiger partial charge in [-0.3, -0.25) is 18.8 Å². The number of nitrogens with zero attached hydrogens (tertiary/aromatic N) is 3. The van der Waals surface area contributed by atoms with Gasteiger partial charge in [-0.15, -0.1) is 11.3 Å². The lowest BCUT2D eigenvalue weighted by atomic mass is 9.98. The van der Waals surface area contributed by atoms with Gasteiger partial charge in [-0.05, 0) is 25.0 Å². The molecule has 27 heavy (non-hydrogen) atoms. The SMILES string of the molecule is O=C(OCc1cc(=O)n2ccsc2n1)[C@H]1CCCN(C(=O)c2ccco2)C1. The number of rotatable bonds is 4. The third-order valence-electron chi connectivity index (χ3n) is 4.49. The lowest BCUT2D eigenvalue weighted by Gasteiger charge is -2.30. The fourth-order valence-electron chi connectivity index (χ4n) is 3.13. The van der Waals surface area contributed by atoms with Gasteiger partial charge in [0.2, 0.25) is 0 Å². The number of amides is 1. The first kappa shape index (κ1) is 17.5. The minimum atomic E-state index is -0.399. The Bertz CT molecular complexity index is 1020. The Morgan fingerprint density at radius 2 is 2.30 bits per heavy atom. The van der Waals surface area contributed by atoms with Gasteiger partial charge in [-0.2, -0.15) is 0 Å². The molecule has 0 bridgehead atoms. The van der Waals surface area contributed by atoms with Crippen LogP contribution in [0.3, 0.4) is 0 Å². The Morgan fingerprint density at radius 1 is 1.41 bits per heavy atom. The van der Waals surface area contributed by atoms with Crippen molar-refractivity contribution in [3.05, 3.63) is 57.8 Å². The summed E-state index contributed by atoms with van der Waals surface area (Å²) in [6.07, 6.45) is 4.47. The van der Waals surface area contributed by atoms with Crippen LogP contribution >= 0.6 is 11.3 Å². The zero-order valence-corrected chi connectivity index (χ0v) is 15.2. The second-order valence-electron chi connectivity index (χ2n) is 6.32. The molecule has 0 saturated carbocycles. The molecule has 0 radical (unpaired) electrons. The summed E-state index contributed by atoms with van der Waals surface area (Å²) in [7, 11) is 0. The van der Waals surface area contributed by atoms with Crippen LogP contribution in [0.2, 0.25) is 0 Å². The predicted molar refractivity (Wildman–Crippen MR) is 96.5 cm³/mol. The number of thiazole rings is 1. The average molecular weight is 387 g/mol. The zero-order valence-electron chi connectivity index (χ0n) is 14.4. The highest BCUT2D eigenvalue weighted by Gasteiger charge is 2.30. The maximum Gasteiger partial charge on any atom is 0.311 e. The molecule has 1 saturated heterocycles. The Morgan fingerprint density at radius 3 is 3.11 bits per heavy atom. The van der Waals surface area contributed by atoms with E-state index in [1.165, 1.54) is 28.1 Å². The number of fused-ring (bicyclic) bond motifs is 1. The van der Waals surface area contributed by atoms with Crippen molar-refractivity contribution in [2.75, 3.05) is 13.1 Å². The topological polar surface area (TPSA) is 94.1 Å². The highest BCUT2D eigenvalue weighted by molar-refractivity contribution is 7.15. The molecule has 0 aromatic carbocycles. The van der Waals surface area contributed by atoms with Crippen molar-refractivity contribution >= 4 is 28.2 Å². The van der Waals surface area contributed by atoms with E-state index < -0.39 is 5.92 Å². The maximum atomic E-state index is 12.4. The minimum absolute atomic E-state index is 0.0644. The van der Waals surface area contributed by atoms with Crippen LogP contribution in [-0.2, 0) is 16.1 Å². The molecule has 4 heterocycles. The Labute approximate surface area is 158 Å². The van der Waals surface area contributed by atoms with Crippen molar-refractivity contribution < 1.29 is 18.7 Å². The number of esters is 1. The first-order chi connectivity index (χ1) is 13.1. The van der Waals surface area contributed by atoms with E-state index in [1.807, 2.05) is 0 Å². The van der Waals surface area contributed by atoms with Crippen LogP contribution in [0.25, 0.3) is 4.96 Å². The standard InChI is InChI=1S/C18H17N3O5S/c22-15-9-13(19-18-21(15)6-8-27-18)11-26-17(24)12-3-1-5-20(10-12)16(23)14-4-2-7-25-14/h2,4,6-9,12H,1,3,5,10-11H2/t12-/m0/s1. The minimum Gasteiger partial charge on any atom is -0.459 e. The summed E-state index contributed by atoms with van der Waals surface area (Å²) < 4.78 is 11.9. The van der Waals surface area contributed by atoms with Gasteiger partial charge in [0, 0.05) is 30.7 Å². The number of piperidine rings is 1. The lowest BCUT2D eigenvalue weighted by Crippen LogP contribution is -2.42. The van der Waals surface area contributed by atoms with Gasteiger partial charge in [-0.1, -0.05) is 0 Å². The molecule has 140 valence electrons. The molecule has 0 spiro atoms. The van der Waals surface area contributed by atoms with E-state index in [4.69, 9.17) is 9.15 Å². The summed E-state index contributed by atoms with van der Waals surface area (Å²) in [6.45, 7) is 0.806. The molecule has 3 aromatic rings. The third-order valence-corrected chi connectivity index (χ3v) is 5.25. The molecular weight excluding hydrogens is 370 g/mol. The Hall–Kier alpha value is -2.94. The van der Waals surface area contributed by atoms with Gasteiger partial charge in [0.25, 0.3) is 11.5 Å². The van der Waals surface area contributed by atoms with Crippen LogP contribution < -0.4 is 5.56 Å². The van der Waals surface area contributed by atoms with E-state index in [9.17, 15) is 14.4 Å². The Balaban J connectivity index is 1.38. The van der Waals surface area contributed by atoms with E-state index in [0.717, 1.165) is 0 Å². The second-order valence-corrected chi connectivity index (χ2v) is 7.19. The number of carbonyl (C=O) groups excluding carboxylic acids is 2. The number of ether oxygens (including phenoxy) is 1. The first-order valence-corrected chi connectivity index (χ1v) is 9.45. The smallest absolute Gasteiger partial charge is 0.311 e. The molecule has 9 heteroatoms. The molecule has 0 unspecified atom stereocenters. The summed E-state index contributed by atoms with van der Waals surface area (Å²) in [5.41, 5.74) is 0.204. The highest BCUT2D eigenvalue weighted by Crippen LogP contribution is 2.20. The molecule has 1 aliphatic heterocycles. The van der Waals surface area contributed by atoms with Gasteiger partial charge in [0.05, 0.1) is 17.9 Å². The van der Waals surface area contributed by atoms with Gasteiger partial charge >= 0.3 is 5.97 Å². The van der Waals surface area contributed by atoms with Gasteiger partial charge in [0.15, 0.2) is 10.7 Å². The quantitative estimate of drug-likeness (QED) is 0.635. The van der Waals surface area contributed by atoms with Crippen LogP contribution in [0.15, 0.2) is 45.3 Å². The summed E-state index contributed by atoms with van der Waals surface area (Å²) in [5.74, 6) is -0.752. The molecule has 1 aliphatic rings. The van der Waals surface area contributed by atoms with E-state index >= 15 is 0 Å². The molecule has 1 amide bonds. The van der Waals surface area contributed by atoms with Crippen LogP contribution in [0.5, 0.6) is 0 Å². The number of furan rings is 1. The number of aromatic nitrogens is 2. The number of hydrogen-bond acceptors (Lipinski definition) is 7. The summed E-state index contributed by atoms with van der Waals surface area (Å²) in [4.78, 5) is 43.3. The fraction of sp³-hybridized carbons (Fsp3) is 0.333. The van der Waals surface area contributed by atoms with Crippen LogP contribution in [-0.4, -0.2) is 39.3 Å². The molecule has 1 atom stereocenters. The van der Waals surface area contributed by atoms with E-state index in [1.54, 1.807) is 28.6 Å². The van der Waals surface area contributed by atoms with Crippen molar-refractivity contribution in [1.82, 2.24) is 14.3 Å². The molecule has 8 nitrogen and oxygen atoms in total. The highest BCUT2D eigenvalue weighted by atomic mass is 32.1. The van der Waals surface area contributed by atoms with E-state index in [2.05, 4.69) is 4.98 Å². The number of hydrogen-bond donors (Lipinski definition) is 0. The molecule has 1 fully saturated rings. The van der Waals surface area contributed by atoms with Gasteiger partial charge in [-0.25, -0.2) is 4.98 Å². The summed E-state index contributed by atoms with van der Waals surface area (Å²) in [5, 5.41) is 1.77. The molecule has 0 aliphatic carbocycles. The number of carbonyl (C=O) groups is 2. The lowest BCUT2D eigenvalue weighted by molar-refractivity contribution is -0.151. The van der Waals surface area contributed by atoms with Crippen LogP contribution in [0.4, 0.5) is 0 Å². The van der Waals surface area contributed by atoms with Crippen LogP contribution in [0, 0.1) is 5.92 Å². The van der Waals surface area contributed by atoms with Crippen molar-refractivity contribution in [3.63, 3.8) is 0 Å². The Kier molecular flexibility index (Phi) is 4.76. The number of likely N-dealkylation sites (tertiary alicyclic amines) is 1. The van der Waals surface area contributed by atoms with E-state index in [-0.39, 0.29) is 29.8 Å². The van der Waals surface area contributed by atoms with Crippen LogP contribution in [0.1, 0.15) is 29.1 Å². The first-order valence-electron chi connectivity index (χ1n) is 8.57. The third kappa shape index (κ3) is 3.63. The summed E-state index contributed by atoms with van der Waals surface area (Å²) >= 11 is 1.34. The molecule has 0 N–H and O–H groups in total. The van der Waals surface area contributed by atoms with Gasteiger partial charge < -0.3 is 14.1 Å². The molecule has 4 rings (SSSR count). The maximum absolute atomic E-state index is 12.4. The zero-order chi connectivity index (χ0) is 18.8. The fourth-order valence-corrected chi connectivity index (χ4v) is 3.87. The molecular formula is C18H17N3O5S. The van der Waals surface area contributed by atoms with Crippen molar-refractivity contribution in [2.24, 2.45) is 5.92 Å².